The van der Waals surface area contributed by atoms with Crippen LogP contribution in [-0.2, 0) is 6.42 Å². The first-order valence-corrected chi connectivity index (χ1v) is 14.5. The minimum Gasteiger partial charge on any atom is -0.271 e. The zero-order valence-electron chi connectivity index (χ0n) is 20.4. The molecule has 0 unspecified atom stereocenters. The van der Waals surface area contributed by atoms with Crippen LogP contribution < -0.4 is 14.9 Å². The van der Waals surface area contributed by atoms with Crippen LogP contribution in [0.4, 0.5) is 0 Å². The minimum absolute atomic E-state index is 0.0366. The molecule has 1 aliphatic heterocycles. The lowest BCUT2D eigenvalue weighted by molar-refractivity contribution is 0.593. The molecule has 3 nitrogen and oxygen atoms in total. The van der Waals surface area contributed by atoms with Crippen molar-refractivity contribution >= 4 is 56.0 Å². The average Bonchev–Trinajstić information content (AvgIpc) is 3.60. The van der Waals surface area contributed by atoms with E-state index < -0.39 is 0 Å². The Kier molecular flexibility index (Phi) is 4.90. The fourth-order valence-electron chi connectivity index (χ4n) is 6.05. The molecule has 5 heteroatoms. The highest BCUT2D eigenvalue weighted by atomic mass is 32.1. The molecule has 4 aromatic carbocycles. The van der Waals surface area contributed by atoms with Crippen LogP contribution >= 0.6 is 22.7 Å². The summed E-state index contributed by atoms with van der Waals surface area (Å²) in [5.74, 6) is 0. The summed E-state index contributed by atoms with van der Waals surface area (Å²) in [4.78, 5) is 21.3. The molecule has 0 saturated carbocycles. The van der Waals surface area contributed by atoms with E-state index in [4.69, 9.17) is 4.99 Å². The van der Waals surface area contributed by atoms with Crippen LogP contribution in [0.5, 0.6) is 0 Å². The summed E-state index contributed by atoms with van der Waals surface area (Å²) in [7, 11) is 0. The van der Waals surface area contributed by atoms with Gasteiger partial charge < -0.3 is 0 Å². The molecule has 6 aromatic rings. The summed E-state index contributed by atoms with van der Waals surface area (Å²) < 4.78 is 2.67. The van der Waals surface area contributed by atoms with Gasteiger partial charge in [-0.15, -0.1) is 11.3 Å². The lowest BCUT2D eigenvalue weighted by Gasteiger charge is -2.30. The third kappa shape index (κ3) is 3.25. The maximum Gasteiger partial charge on any atom is 0.271 e. The van der Waals surface area contributed by atoms with Crippen molar-refractivity contribution in [2.75, 3.05) is 0 Å². The van der Waals surface area contributed by atoms with Crippen LogP contribution in [0.25, 0.3) is 33.3 Å². The standard InChI is InChI=1S/C33H22N2OS2/c36-32-29(19-27-23-11-4-2-9-21(23)18-22-10-3-5-12-24(22)27)38-33-34-30-25-13-6-1-8-20(25)15-16-26(30)31(35(32)33)28-14-7-17-37-28/h1-14,17-19,31H,15-16H2/b29-19+/t31-/m1/s1. The largest absolute Gasteiger partial charge is 0.271 e. The SMILES string of the molecule is O=c1/c(=C\c2c3ccccc3cc3ccccc23)sc2n1[C@@H](c1cccs1)C1=C(N=2)c2ccccc2CC1. The highest BCUT2D eigenvalue weighted by molar-refractivity contribution is 7.10. The first-order chi connectivity index (χ1) is 18.8. The molecule has 1 atom stereocenters. The van der Waals surface area contributed by atoms with E-state index in [2.05, 4.69) is 102 Å². The van der Waals surface area contributed by atoms with Crippen LogP contribution in [0, 0.1) is 0 Å². The molecule has 8 rings (SSSR count). The second kappa shape index (κ2) is 8.48. The highest BCUT2D eigenvalue weighted by Gasteiger charge is 2.33. The van der Waals surface area contributed by atoms with Crippen molar-refractivity contribution in [3.8, 4) is 0 Å². The molecule has 0 spiro atoms. The van der Waals surface area contributed by atoms with Gasteiger partial charge in [0.25, 0.3) is 5.56 Å². The second-order valence-electron chi connectivity index (χ2n) is 9.86. The molecule has 0 saturated heterocycles. The van der Waals surface area contributed by atoms with E-state index in [9.17, 15) is 4.79 Å². The van der Waals surface area contributed by atoms with E-state index in [1.165, 1.54) is 43.7 Å². The van der Waals surface area contributed by atoms with Crippen LogP contribution in [-0.4, -0.2) is 4.57 Å². The summed E-state index contributed by atoms with van der Waals surface area (Å²) in [6, 6.07) is 31.8. The Labute approximate surface area is 227 Å². The number of hydrogen-bond acceptors (Lipinski definition) is 4. The number of rotatable bonds is 2. The summed E-state index contributed by atoms with van der Waals surface area (Å²) in [5.41, 5.74) is 5.96. The Balaban J connectivity index is 1.44. The van der Waals surface area contributed by atoms with Gasteiger partial charge in [0.1, 0.15) is 0 Å². The maximum absolute atomic E-state index is 14.2. The second-order valence-corrected chi connectivity index (χ2v) is 11.9. The number of thiazole rings is 1. The number of hydrogen-bond donors (Lipinski definition) is 0. The van der Waals surface area contributed by atoms with Gasteiger partial charge in [-0.1, -0.05) is 90.2 Å². The number of allylic oxidation sites excluding steroid dienone is 1. The maximum atomic E-state index is 14.2. The molecule has 0 amide bonds. The molecular weight excluding hydrogens is 505 g/mol. The molecule has 2 aliphatic rings. The molecule has 0 bridgehead atoms. The Morgan fingerprint density at radius 1 is 0.842 bits per heavy atom. The Morgan fingerprint density at radius 2 is 1.58 bits per heavy atom. The third-order valence-electron chi connectivity index (χ3n) is 7.77. The number of benzene rings is 4. The van der Waals surface area contributed by atoms with Crippen molar-refractivity contribution < 1.29 is 0 Å². The molecule has 0 radical (unpaired) electrons. The Bertz CT molecular complexity index is 2060. The van der Waals surface area contributed by atoms with Gasteiger partial charge in [-0.25, -0.2) is 4.99 Å². The van der Waals surface area contributed by atoms with Gasteiger partial charge in [0.15, 0.2) is 4.80 Å². The van der Waals surface area contributed by atoms with Gasteiger partial charge in [-0.2, -0.15) is 0 Å². The van der Waals surface area contributed by atoms with Crippen molar-refractivity contribution in [2.24, 2.45) is 4.99 Å². The smallest absolute Gasteiger partial charge is 0.271 e. The van der Waals surface area contributed by atoms with Gasteiger partial charge in [-0.3, -0.25) is 9.36 Å². The fraction of sp³-hybridized carbons (Fsp3) is 0.0909. The van der Waals surface area contributed by atoms with E-state index >= 15 is 0 Å². The van der Waals surface area contributed by atoms with Crippen molar-refractivity contribution in [3.05, 3.63) is 143 Å². The van der Waals surface area contributed by atoms with E-state index in [0.29, 0.717) is 0 Å². The van der Waals surface area contributed by atoms with Crippen molar-refractivity contribution in [3.63, 3.8) is 0 Å². The predicted molar refractivity (Wildman–Crippen MR) is 159 cm³/mol. The third-order valence-corrected chi connectivity index (χ3v) is 9.68. The number of thiophene rings is 1. The summed E-state index contributed by atoms with van der Waals surface area (Å²) in [5, 5.41) is 6.76. The van der Waals surface area contributed by atoms with Gasteiger partial charge >= 0.3 is 0 Å². The molecule has 1 aliphatic carbocycles. The van der Waals surface area contributed by atoms with Crippen LogP contribution in [0.15, 0.2) is 112 Å². The van der Waals surface area contributed by atoms with Crippen LogP contribution in [0.2, 0.25) is 0 Å². The topological polar surface area (TPSA) is 34.4 Å². The first-order valence-electron chi connectivity index (χ1n) is 12.8. The monoisotopic (exact) mass is 526 g/mol. The quantitative estimate of drug-likeness (QED) is 0.232. The number of aromatic nitrogens is 1. The van der Waals surface area contributed by atoms with Gasteiger partial charge in [-0.05, 0) is 74.7 Å². The van der Waals surface area contributed by atoms with Crippen LogP contribution in [0.3, 0.4) is 0 Å². The first kappa shape index (κ1) is 22.0. The average molecular weight is 527 g/mol. The Hall–Kier alpha value is -4.06. The molecule has 0 fully saturated rings. The lowest BCUT2D eigenvalue weighted by atomic mass is 9.85. The zero-order valence-corrected chi connectivity index (χ0v) is 22.1. The van der Waals surface area contributed by atoms with E-state index in [-0.39, 0.29) is 11.6 Å². The molecular formula is C33H22N2OS2. The van der Waals surface area contributed by atoms with Crippen LogP contribution in [0.1, 0.15) is 34.0 Å². The minimum atomic E-state index is -0.110. The van der Waals surface area contributed by atoms with Gasteiger partial charge in [0, 0.05) is 10.4 Å². The summed E-state index contributed by atoms with van der Waals surface area (Å²) in [6.45, 7) is 0. The van der Waals surface area contributed by atoms with Crippen molar-refractivity contribution in [1.29, 1.82) is 0 Å². The molecule has 3 heterocycles. The normalized spacial score (nSPS) is 16.8. The van der Waals surface area contributed by atoms with Gasteiger partial charge in [0.05, 0.1) is 16.3 Å². The molecule has 0 N–H and O–H groups in total. The molecule has 2 aromatic heterocycles. The molecule has 38 heavy (non-hydrogen) atoms. The summed E-state index contributed by atoms with van der Waals surface area (Å²) in [6.07, 6.45) is 3.98. The van der Waals surface area contributed by atoms with E-state index in [1.54, 1.807) is 11.3 Å². The predicted octanol–water partition coefficient (Wildman–Crippen LogP) is 6.69. The number of aryl methyl sites for hydroxylation is 1. The van der Waals surface area contributed by atoms with Crippen molar-refractivity contribution in [2.45, 2.75) is 18.9 Å². The van der Waals surface area contributed by atoms with Crippen molar-refractivity contribution in [1.82, 2.24) is 4.57 Å². The van der Waals surface area contributed by atoms with Gasteiger partial charge in [0.2, 0.25) is 0 Å². The zero-order chi connectivity index (χ0) is 25.2. The summed E-state index contributed by atoms with van der Waals surface area (Å²) >= 11 is 3.22. The highest BCUT2D eigenvalue weighted by Crippen LogP contribution is 2.42. The fourth-order valence-corrected chi connectivity index (χ4v) is 7.88. The van der Waals surface area contributed by atoms with E-state index in [0.717, 1.165) is 44.2 Å². The molecule has 182 valence electrons. The number of nitrogens with zero attached hydrogens (tertiary/aromatic N) is 2. The lowest BCUT2D eigenvalue weighted by Crippen LogP contribution is -2.38. The Morgan fingerprint density at radius 3 is 2.34 bits per heavy atom. The number of fused-ring (bicyclic) bond motifs is 5. The van der Waals surface area contributed by atoms with E-state index in [1.807, 2.05) is 4.57 Å².